The highest BCUT2D eigenvalue weighted by Gasteiger charge is 2.24. The molecule has 3 heteroatoms. The molecule has 1 aliphatic heterocycles. The molecule has 0 saturated carbocycles. The van der Waals surface area contributed by atoms with Gasteiger partial charge in [0.1, 0.15) is 0 Å². The lowest BCUT2D eigenvalue weighted by Crippen LogP contribution is -2.40. The number of hydrogen-bond donors (Lipinski definition) is 1. The van der Waals surface area contributed by atoms with Gasteiger partial charge in [0, 0.05) is 19.0 Å². The second-order valence-corrected chi connectivity index (χ2v) is 6.56. The molecule has 1 aliphatic rings. The summed E-state index contributed by atoms with van der Waals surface area (Å²) in [4.78, 5) is 14.8. The van der Waals surface area contributed by atoms with Gasteiger partial charge in [-0.3, -0.25) is 9.69 Å². The number of carbonyl (C=O) groups is 1. The van der Waals surface area contributed by atoms with Crippen molar-refractivity contribution in [3.05, 3.63) is 71.8 Å². The average Bonchev–Trinajstić information content (AvgIpc) is 2.64. The molecule has 3 rings (SSSR count). The number of rotatable bonds is 6. The summed E-state index contributed by atoms with van der Waals surface area (Å²) < 4.78 is 0. The monoisotopic (exact) mass is 322 g/mol. The Morgan fingerprint density at radius 1 is 0.917 bits per heavy atom. The van der Waals surface area contributed by atoms with E-state index >= 15 is 0 Å². The summed E-state index contributed by atoms with van der Waals surface area (Å²) in [5, 5.41) is 3.11. The van der Waals surface area contributed by atoms with Crippen molar-refractivity contribution in [2.45, 2.75) is 25.8 Å². The molecule has 3 nitrogen and oxygen atoms in total. The zero-order chi connectivity index (χ0) is 16.6. The van der Waals surface area contributed by atoms with E-state index < -0.39 is 0 Å². The van der Waals surface area contributed by atoms with E-state index in [4.69, 9.17) is 0 Å². The van der Waals surface area contributed by atoms with Gasteiger partial charge in [-0.05, 0) is 43.5 Å². The van der Waals surface area contributed by atoms with Crippen LogP contribution < -0.4 is 5.32 Å². The summed E-state index contributed by atoms with van der Waals surface area (Å²) in [7, 11) is 0. The number of nitrogens with one attached hydrogen (secondary N) is 1. The van der Waals surface area contributed by atoms with Crippen LogP contribution in [0.4, 0.5) is 0 Å². The van der Waals surface area contributed by atoms with Gasteiger partial charge in [-0.1, -0.05) is 60.7 Å². The van der Waals surface area contributed by atoms with Crippen LogP contribution in [0.2, 0.25) is 0 Å². The van der Waals surface area contributed by atoms with Gasteiger partial charge < -0.3 is 5.32 Å². The van der Waals surface area contributed by atoms with Crippen LogP contribution >= 0.6 is 0 Å². The highest BCUT2D eigenvalue weighted by Crippen LogP contribution is 2.19. The van der Waals surface area contributed by atoms with E-state index in [-0.39, 0.29) is 11.8 Å². The van der Waals surface area contributed by atoms with Crippen LogP contribution in [0.1, 0.15) is 24.0 Å². The fourth-order valence-electron chi connectivity index (χ4n) is 3.31. The molecular weight excluding hydrogens is 296 g/mol. The van der Waals surface area contributed by atoms with Gasteiger partial charge in [0.05, 0.1) is 0 Å². The maximum absolute atomic E-state index is 12.3. The molecule has 24 heavy (non-hydrogen) atoms. The van der Waals surface area contributed by atoms with Crippen LogP contribution in [0.5, 0.6) is 0 Å². The van der Waals surface area contributed by atoms with Crippen molar-refractivity contribution in [1.82, 2.24) is 10.2 Å². The molecule has 0 aliphatic carbocycles. The molecule has 0 bridgehead atoms. The van der Waals surface area contributed by atoms with E-state index in [2.05, 4.69) is 52.7 Å². The Morgan fingerprint density at radius 2 is 1.50 bits per heavy atom. The highest BCUT2D eigenvalue weighted by atomic mass is 16.1. The Labute approximate surface area is 144 Å². The molecule has 2 aromatic rings. The van der Waals surface area contributed by atoms with Crippen molar-refractivity contribution in [3.63, 3.8) is 0 Å². The predicted molar refractivity (Wildman–Crippen MR) is 97.6 cm³/mol. The van der Waals surface area contributed by atoms with Crippen molar-refractivity contribution in [3.8, 4) is 0 Å². The first-order valence-electron chi connectivity index (χ1n) is 8.89. The lowest BCUT2D eigenvalue weighted by Gasteiger charge is -2.31. The number of carbonyl (C=O) groups excluding carboxylic acids is 1. The summed E-state index contributed by atoms with van der Waals surface area (Å²) in [5.41, 5.74) is 2.62. The van der Waals surface area contributed by atoms with Crippen LogP contribution in [-0.4, -0.2) is 30.4 Å². The van der Waals surface area contributed by atoms with Crippen LogP contribution in [0.3, 0.4) is 0 Å². The number of benzene rings is 2. The number of likely N-dealkylation sites (tertiary alicyclic amines) is 1. The molecule has 0 unspecified atom stereocenters. The quantitative estimate of drug-likeness (QED) is 0.885. The zero-order valence-electron chi connectivity index (χ0n) is 14.2. The normalized spacial score (nSPS) is 16.0. The van der Waals surface area contributed by atoms with E-state index in [0.717, 1.165) is 45.4 Å². The van der Waals surface area contributed by atoms with E-state index in [1.165, 1.54) is 11.1 Å². The van der Waals surface area contributed by atoms with Gasteiger partial charge in [-0.15, -0.1) is 0 Å². The maximum Gasteiger partial charge on any atom is 0.223 e. The summed E-state index contributed by atoms with van der Waals surface area (Å²) >= 11 is 0. The topological polar surface area (TPSA) is 32.3 Å². The van der Waals surface area contributed by atoms with Gasteiger partial charge >= 0.3 is 0 Å². The Kier molecular flexibility index (Phi) is 6.02. The Bertz CT molecular complexity index is 619. The van der Waals surface area contributed by atoms with Gasteiger partial charge in [-0.2, -0.15) is 0 Å². The number of piperidine rings is 1. The van der Waals surface area contributed by atoms with Crippen molar-refractivity contribution >= 4 is 5.91 Å². The summed E-state index contributed by atoms with van der Waals surface area (Å²) in [6, 6.07) is 20.9. The van der Waals surface area contributed by atoms with Crippen LogP contribution in [0, 0.1) is 5.92 Å². The molecule has 1 N–H and O–H groups in total. The average molecular weight is 322 g/mol. The molecule has 0 spiro atoms. The first-order valence-corrected chi connectivity index (χ1v) is 8.89. The highest BCUT2D eigenvalue weighted by molar-refractivity contribution is 5.78. The minimum absolute atomic E-state index is 0.174. The number of amides is 1. The number of nitrogens with zero attached hydrogens (tertiary/aromatic N) is 1. The third kappa shape index (κ3) is 4.93. The van der Waals surface area contributed by atoms with E-state index in [1.54, 1.807) is 0 Å². The van der Waals surface area contributed by atoms with Crippen LogP contribution in [0.25, 0.3) is 0 Å². The van der Waals surface area contributed by atoms with Crippen LogP contribution in [0.15, 0.2) is 60.7 Å². The Morgan fingerprint density at radius 3 is 2.12 bits per heavy atom. The van der Waals surface area contributed by atoms with Crippen molar-refractivity contribution in [1.29, 1.82) is 0 Å². The SMILES string of the molecule is O=C(NCCc1ccccc1)C1CCN(Cc2ccccc2)CC1. The molecule has 1 amide bonds. The molecule has 0 aromatic heterocycles. The third-order valence-electron chi connectivity index (χ3n) is 4.76. The lowest BCUT2D eigenvalue weighted by atomic mass is 9.95. The fourth-order valence-corrected chi connectivity index (χ4v) is 3.31. The molecule has 1 fully saturated rings. The maximum atomic E-state index is 12.3. The summed E-state index contributed by atoms with van der Waals surface area (Å²) in [5.74, 6) is 0.401. The lowest BCUT2D eigenvalue weighted by molar-refractivity contribution is -0.126. The molecule has 126 valence electrons. The molecule has 1 saturated heterocycles. The minimum atomic E-state index is 0.174. The second-order valence-electron chi connectivity index (χ2n) is 6.56. The largest absolute Gasteiger partial charge is 0.356 e. The van der Waals surface area contributed by atoms with E-state index in [1.807, 2.05) is 18.2 Å². The molecule has 1 heterocycles. The molecule has 0 atom stereocenters. The number of hydrogen-bond acceptors (Lipinski definition) is 2. The Balaban J connectivity index is 1.37. The molecule has 2 aromatic carbocycles. The predicted octanol–water partition coefficient (Wildman–Crippen LogP) is 3.26. The zero-order valence-corrected chi connectivity index (χ0v) is 14.2. The van der Waals surface area contributed by atoms with Gasteiger partial charge in [0.2, 0.25) is 5.91 Å². The van der Waals surface area contributed by atoms with Gasteiger partial charge in [-0.25, -0.2) is 0 Å². The van der Waals surface area contributed by atoms with Gasteiger partial charge in [0.25, 0.3) is 0 Å². The summed E-state index contributed by atoms with van der Waals surface area (Å²) in [6.07, 6.45) is 2.83. The minimum Gasteiger partial charge on any atom is -0.356 e. The first-order chi connectivity index (χ1) is 11.8. The third-order valence-corrected chi connectivity index (χ3v) is 4.76. The van der Waals surface area contributed by atoms with Crippen molar-refractivity contribution in [2.24, 2.45) is 5.92 Å². The molecule has 0 radical (unpaired) electrons. The standard InChI is InChI=1S/C21H26N2O/c24-21(22-14-11-18-7-3-1-4-8-18)20-12-15-23(16-13-20)17-19-9-5-2-6-10-19/h1-10,20H,11-17H2,(H,22,24). The van der Waals surface area contributed by atoms with Crippen molar-refractivity contribution < 1.29 is 4.79 Å². The smallest absolute Gasteiger partial charge is 0.223 e. The van der Waals surface area contributed by atoms with Gasteiger partial charge in [0.15, 0.2) is 0 Å². The second kappa shape index (κ2) is 8.65. The van der Waals surface area contributed by atoms with Crippen LogP contribution in [-0.2, 0) is 17.8 Å². The summed E-state index contributed by atoms with van der Waals surface area (Å²) in [6.45, 7) is 3.73. The van der Waals surface area contributed by atoms with E-state index in [9.17, 15) is 4.79 Å². The van der Waals surface area contributed by atoms with E-state index in [0.29, 0.717) is 0 Å². The molecular formula is C21H26N2O. The van der Waals surface area contributed by atoms with Crippen molar-refractivity contribution in [2.75, 3.05) is 19.6 Å². The Hall–Kier alpha value is -2.13. The fraction of sp³-hybridized carbons (Fsp3) is 0.381. The first kappa shape index (κ1) is 16.7.